The van der Waals surface area contributed by atoms with Crippen molar-refractivity contribution in [3.05, 3.63) is 34.4 Å². The molecule has 19 heavy (non-hydrogen) atoms. The summed E-state index contributed by atoms with van der Waals surface area (Å²) in [7, 11) is -3.41. The van der Waals surface area contributed by atoms with E-state index in [0.29, 0.717) is 6.54 Å². The Hall–Kier alpha value is -1.47. The van der Waals surface area contributed by atoms with Crippen LogP contribution in [-0.2, 0) is 9.84 Å². The van der Waals surface area contributed by atoms with Crippen molar-refractivity contribution in [3.8, 4) is 0 Å². The molecule has 0 aliphatic heterocycles. The van der Waals surface area contributed by atoms with Crippen molar-refractivity contribution < 1.29 is 13.3 Å². The van der Waals surface area contributed by atoms with E-state index in [1.54, 1.807) is 0 Å². The summed E-state index contributed by atoms with van der Waals surface area (Å²) in [5, 5.41) is 13.6. The second-order valence-electron chi connectivity index (χ2n) is 5.25. The van der Waals surface area contributed by atoms with Crippen LogP contribution in [0.25, 0.3) is 0 Å². The third-order valence-electron chi connectivity index (χ3n) is 2.43. The lowest BCUT2D eigenvalue weighted by molar-refractivity contribution is -0.384. The summed E-state index contributed by atoms with van der Waals surface area (Å²) in [5.74, 6) is -0.0396. The van der Waals surface area contributed by atoms with Gasteiger partial charge in [-0.15, -0.1) is 0 Å². The molecule has 0 spiro atoms. The fraction of sp³-hybridized carbons (Fsp3) is 0.500. The summed E-state index contributed by atoms with van der Waals surface area (Å²) < 4.78 is 24.0. The number of nitro groups is 1. The van der Waals surface area contributed by atoms with E-state index in [1.165, 1.54) is 24.3 Å². The second kappa shape index (κ2) is 5.66. The molecular weight excluding hydrogens is 268 g/mol. The third kappa shape index (κ3) is 4.96. The predicted molar refractivity (Wildman–Crippen MR) is 72.9 cm³/mol. The van der Waals surface area contributed by atoms with E-state index in [4.69, 9.17) is 0 Å². The van der Waals surface area contributed by atoms with Crippen LogP contribution in [0.1, 0.15) is 20.8 Å². The van der Waals surface area contributed by atoms with Crippen LogP contribution in [0.3, 0.4) is 0 Å². The zero-order valence-electron chi connectivity index (χ0n) is 11.2. The first-order valence-electron chi connectivity index (χ1n) is 5.84. The van der Waals surface area contributed by atoms with Crippen LogP contribution in [0.2, 0.25) is 0 Å². The Morgan fingerprint density at radius 1 is 1.21 bits per heavy atom. The second-order valence-corrected chi connectivity index (χ2v) is 7.36. The molecule has 0 atom stereocenters. The van der Waals surface area contributed by atoms with Crippen LogP contribution in [0.5, 0.6) is 0 Å². The van der Waals surface area contributed by atoms with Gasteiger partial charge in [-0.25, -0.2) is 8.42 Å². The quantitative estimate of drug-likeness (QED) is 0.658. The molecule has 0 fully saturated rings. The Kier molecular flexibility index (Phi) is 4.65. The molecule has 0 bridgehead atoms. The summed E-state index contributed by atoms with van der Waals surface area (Å²) in [6, 6.07) is 4.93. The van der Waals surface area contributed by atoms with Crippen molar-refractivity contribution >= 4 is 15.5 Å². The molecule has 0 saturated carbocycles. The first-order valence-corrected chi connectivity index (χ1v) is 7.49. The Balaban J connectivity index is 2.75. The molecule has 0 aliphatic rings. The molecule has 0 amide bonds. The summed E-state index contributed by atoms with van der Waals surface area (Å²) >= 11 is 0. The molecule has 1 N–H and O–H groups in total. The highest BCUT2D eigenvalue weighted by Gasteiger charge is 2.17. The minimum atomic E-state index is -3.41. The number of rotatable bonds is 5. The van der Waals surface area contributed by atoms with Gasteiger partial charge in [-0.2, -0.15) is 0 Å². The molecular formula is C12H18N2O4S. The van der Waals surface area contributed by atoms with E-state index < -0.39 is 14.8 Å². The maximum Gasteiger partial charge on any atom is 0.269 e. The lowest BCUT2D eigenvalue weighted by atomic mass is 10.1. The maximum atomic E-state index is 12.0. The predicted octanol–water partition coefficient (Wildman–Crippen LogP) is 1.76. The first-order chi connectivity index (χ1) is 8.62. The lowest BCUT2D eigenvalue weighted by Crippen LogP contribution is -2.38. The summed E-state index contributed by atoms with van der Waals surface area (Å²) in [6.45, 7) is 6.19. The number of nitrogens with zero attached hydrogens (tertiary/aromatic N) is 1. The molecule has 0 heterocycles. The van der Waals surface area contributed by atoms with Gasteiger partial charge in [-0.05, 0) is 32.9 Å². The first kappa shape index (κ1) is 15.6. The normalized spacial score (nSPS) is 12.4. The molecule has 1 rings (SSSR count). The summed E-state index contributed by atoms with van der Waals surface area (Å²) in [6.07, 6.45) is 0. The van der Waals surface area contributed by atoms with E-state index >= 15 is 0 Å². The zero-order chi connectivity index (χ0) is 14.7. The maximum absolute atomic E-state index is 12.0. The van der Waals surface area contributed by atoms with Crippen LogP contribution >= 0.6 is 0 Å². The van der Waals surface area contributed by atoms with Gasteiger partial charge in [0.25, 0.3) is 5.69 Å². The molecule has 106 valence electrons. The fourth-order valence-electron chi connectivity index (χ4n) is 1.45. The summed E-state index contributed by atoms with van der Waals surface area (Å²) in [5.41, 5.74) is -0.267. The standard InChI is InChI=1S/C12H18N2O4S/c1-12(2,3)13-8-9-19(17,18)11-6-4-10(5-7-11)14(15)16/h4-7,13H,8-9H2,1-3H3. The highest BCUT2D eigenvalue weighted by Crippen LogP contribution is 2.16. The fourth-order valence-corrected chi connectivity index (χ4v) is 2.61. The zero-order valence-corrected chi connectivity index (χ0v) is 12.0. The van der Waals surface area contributed by atoms with Gasteiger partial charge in [0, 0.05) is 24.2 Å². The van der Waals surface area contributed by atoms with Gasteiger partial charge >= 0.3 is 0 Å². The van der Waals surface area contributed by atoms with E-state index in [2.05, 4.69) is 5.32 Å². The van der Waals surface area contributed by atoms with Crippen molar-refractivity contribution in [2.45, 2.75) is 31.2 Å². The number of sulfone groups is 1. The highest BCUT2D eigenvalue weighted by molar-refractivity contribution is 7.91. The Morgan fingerprint density at radius 3 is 2.16 bits per heavy atom. The van der Waals surface area contributed by atoms with Gasteiger partial charge in [0.2, 0.25) is 0 Å². The van der Waals surface area contributed by atoms with Crippen LogP contribution < -0.4 is 5.32 Å². The van der Waals surface area contributed by atoms with Crippen LogP contribution in [0.15, 0.2) is 29.2 Å². The molecule has 0 aromatic heterocycles. The number of hydrogen-bond donors (Lipinski definition) is 1. The minimum Gasteiger partial charge on any atom is -0.311 e. The number of hydrogen-bond acceptors (Lipinski definition) is 5. The Bertz CT molecular complexity index is 544. The van der Waals surface area contributed by atoms with Crippen molar-refractivity contribution in [3.63, 3.8) is 0 Å². The van der Waals surface area contributed by atoms with Gasteiger partial charge in [-0.1, -0.05) is 0 Å². The number of non-ortho nitro benzene ring substituents is 1. The smallest absolute Gasteiger partial charge is 0.269 e. The molecule has 0 unspecified atom stereocenters. The molecule has 1 aromatic carbocycles. The van der Waals surface area contributed by atoms with Gasteiger partial charge < -0.3 is 5.32 Å². The average Bonchev–Trinajstić information content (AvgIpc) is 2.27. The highest BCUT2D eigenvalue weighted by atomic mass is 32.2. The SMILES string of the molecule is CC(C)(C)NCCS(=O)(=O)c1ccc([N+](=O)[O-])cc1. The number of nitro benzene ring substituents is 1. The van der Waals surface area contributed by atoms with E-state index in [1.807, 2.05) is 20.8 Å². The monoisotopic (exact) mass is 286 g/mol. The number of benzene rings is 1. The molecule has 7 heteroatoms. The third-order valence-corrected chi connectivity index (χ3v) is 4.16. The van der Waals surface area contributed by atoms with Crippen LogP contribution in [0, 0.1) is 10.1 Å². The van der Waals surface area contributed by atoms with E-state index in [9.17, 15) is 18.5 Å². The molecule has 1 aromatic rings. The summed E-state index contributed by atoms with van der Waals surface area (Å²) in [4.78, 5) is 10.0. The van der Waals surface area contributed by atoms with Crippen molar-refractivity contribution in [1.29, 1.82) is 0 Å². The topological polar surface area (TPSA) is 89.3 Å². The van der Waals surface area contributed by atoms with E-state index in [-0.39, 0.29) is 21.9 Å². The average molecular weight is 286 g/mol. The largest absolute Gasteiger partial charge is 0.311 e. The van der Waals surface area contributed by atoms with E-state index in [0.717, 1.165) is 0 Å². The Labute approximate surface area is 112 Å². The van der Waals surface area contributed by atoms with Gasteiger partial charge in [-0.3, -0.25) is 10.1 Å². The molecule has 0 aliphatic carbocycles. The van der Waals surface area contributed by atoms with Crippen molar-refractivity contribution in [2.24, 2.45) is 0 Å². The van der Waals surface area contributed by atoms with Gasteiger partial charge in [0.1, 0.15) is 0 Å². The molecule has 0 saturated heterocycles. The van der Waals surface area contributed by atoms with Crippen molar-refractivity contribution in [1.82, 2.24) is 5.32 Å². The van der Waals surface area contributed by atoms with Crippen LogP contribution in [0.4, 0.5) is 5.69 Å². The van der Waals surface area contributed by atoms with Gasteiger partial charge in [0.05, 0.1) is 15.6 Å². The van der Waals surface area contributed by atoms with Gasteiger partial charge in [0.15, 0.2) is 9.84 Å². The van der Waals surface area contributed by atoms with Crippen LogP contribution in [-0.4, -0.2) is 31.2 Å². The van der Waals surface area contributed by atoms with Crippen molar-refractivity contribution in [2.75, 3.05) is 12.3 Å². The number of nitrogens with one attached hydrogen (secondary N) is 1. The Morgan fingerprint density at radius 2 is 1.74 bits per heavy atom. The lowest BCUT2D eigenvalue weighted by Gasteiger charge is -2.20. The minimum absolute atomic E-state index is 0.0396. The molecule has 0 radical (unpaired) electrons. The molecule has 6 nitrogen and oxygen atoms in total.